The highest BCUT2D eigenvalue weighted by atomic mass is 16.5. The highest BCUT2D eigenvalue weighted by Crippen LogP contribution is 2.25. The molecule has 0 saturated carbocycles. The van der Waals surface area contributed by atoms with E-state index in [1.165, 1.54) is 49.5 Å². The fraction of sp³-hybridized carbons (Fsp3) is 0.409. The molecule has 0 fully saturated rings. The van der Waals surface area contributed by atoms with Crippen LogP contribution in [-0.2, 0) is 35.2 Å². The molecule has 0 heterocycles. The number of rotatable bonds is 7. The van der Waals surface area contributed by atoms with Gasteiger partial charge in [-0.05, 0) is 54.0 Å². The monoisotopic (exact) mass is 353 g/mol. The van der Waals surface area contributed by atoms with Gasteiger partial charge in [-0.3, -0.25) is 4.79 Å². The van der Waals surface area contributed by atoms with Gasteiger partial charge in [0, 0.05) is 12.8 Å². The van der Waals surface area contributed by atoms with Gasteiger partial charge in [0.2, 0.25) is 0 Å². The fourth-order valence-corrected chi connectivity index (χ4v) is 3.65. The van der Waals surface area contributed by atoms with Crippen LogP contribution in [0.3, 0.4) is 0 Å². The number of carbonyl (C=O) groups excluding carboxylic acids is 1. The number of benzene rings is 2. The van der Waals surface area contributed by atoms with Crippen molar-refractivity contribution >= 4 is 5.97 Å². The molecule has 138 valence electrons. The average molecular weight is 353 g/mol. The summed E-state index contributed by atoms with van der Waals surface area (Å²) < 4.78 is 10.7. The molecule has 1 aliphatic carbocycles. The Kier molecular flexibility index (Phi) is 6.29. The van der Waals surface area contributed by atoms with Gasteiger partial charge in [-0.2, -0.15) is 0 Å². The summed E-state index contributed by atoms with van der Waals surface area (Å²) >= 11 is 0. The SMILES string of the molecule is COC(=O)[C@@H](N)Cc1ccccc1OCCc1cccc2c1CCCC2. The minimum atomic E-state index is -0.675. The van der Waals surface area contributed by atoms with Crippen LogP contribution >= 0.6 is 0 Å². The molecule has 2 aromatic rings. The van der Waals surface area contributed by atoms with Gasteiger partial charge in [0.05, 0.1) is 13.7 Å². The van der Waals surface area contributed by atoms with E-state index in [-0.39, 0.29) is 0 Å². The first kappa shape index (κ1) is 18.5. The van der Waals surface area contributed by atoms with Crippen molar-refractivity contribution in [2.75, 3.05) is 13.7 Å². The van der Waals surface area contributed by atoms with Crippen LogP contribution in [0.5, 0.6) is 5.75 Å². The highest BCUT2D eigenvalue weighted by molar-refractivity contribution is 5.75. The van der Waals surface area contributed by atoms with E-state index in [1.807, 2.05) is 24.3 Å². The first-order valence-electron chi connectivity index (χ1n) is 9.33. The predicted molar refractivity (Wildman–Crippen MR) is 102 cm³/mol. The number of fused-ring (bicyclic) bond motifs is 1. The number of nitrogens with two attached hydrogens (primary N) is 1. The normalized spacial score (nSPS) is 14.4. The summed E-state index contributed by atoms with van der Waals surface area (Å²) in [6, 6.07) is 13.7. The summed E-state index contributed by atoms with van der Waals surface area (Å²) in [4.78, 5) is 11.6. The average Bonchev–Trinajstić information content (AvgIpc) is 2.68. The van der Waals surface area contributed by atoms with Crippen LogP contribution in [-0.4, -0.2) is 25.7 Å². The maximum atomic E-state index is 11.6. The van der Waals surface area contributed by atoms with Gasteiger partial charge < -0.3 is 15.2 Å². The zero-order valence-electron chi connectivity index (χ0n) is 15.4. The molecule has 1 aliphatic rings. The molecule has 0 unspecified atom stereocenters. The van der Waals surface area contributed by atoms with Crippen LogP contribution in [0.2, 0.25) is 0 Å². The van der Waals surface area contributed by atoms with Crippen LogP contribution in [0.1, 0.15) is 35.1 Å². The van der Waals surface area contributed by atoms with Gasteiger partial charge in [0.1, 0.15) is 11.8 Å². The molecule has 4 nitrogen and oxygen atoms in total. The van der Waals surface area contributed by atoms with E-state index in [1.54, 1.807) is 0 Å². The molecule has 0 aromatic heterocycles. The summed E-state index contributed by atoms with van der Waals surface area (Å²) in [5, 5.41) is 0. The minimum absolute atomic E-state index is 0.406. The Bertz CT molecular complexity index is 757. The minimum Gasteiger partial charge on any atom is -0.493 e. The standard InChI is InChI=1S/C22H27NO3/c1-25-22(24)20(23)15-18-8-3-5-12-21(18)26-14-13-17-10-6-9-16-7-2-4-11-19(16)17/h3,5-6,8-10,12,20H,2,4,7,11,13-15,23H2,1H3/t20-/m0/s1. The maximum absolute atomic E-state index is 11.6. The largest absolute Gasteiger partial charge is 0.493 e. The second kappa shape index (κ2) is 8.86. The first-order valence-corrected chi connectivity index (χ1v) is 9.33. The van der Waals surface area contributed by atoms with Crippen molar-refractivity contribution in [3.63, 3.8) is 0 Å². The lowest BCUT2D eigenvalue weighted by atomic mass is 9.87. The molecule has 0 amide bonds. The molecule has 3 rings (SSSR count). The van der Waals surface area contributed by atoms with Gasteiger partial charge in [-0.15, -0.1) is 0 Å². The number of carbonyl (C=O) groups is 1. The fourth-order valence-electron chi connectivity index (χ4n) is 3.65. The molecule has 2 N–H and O–H groups in total. The third kappa shape index (κ3) is 4.44. The van der Waals surface area contributed by atoms with E-state index in [0.717, 1.165) is 17.7 Å². The van der Waals surface area contributed by atoms with Crippen LogP contribution in [0, 0.1) is 0 Å². The molecule has 26 heavy (non-hydrogen) atoms. The van der Waals surface area contributed by atoms with Crippen molar-refractivity contribution in [1.29, 1.82) is 0 Å². The highest BCUT2D eigenvalue weighted by Gasteiger charge is 2.17. The third-order valence-corrected chi connectivity index (χ3v) is 5.04. The number of hydrogen-bond donors (Lipinski definition) is 1. The number of esters is 1. The third-order valence-electron chi connectivity index (χ3n) is 5.04. The number of aryl methyl sites for hydroxylation is 1. The number of ether oxygens (including phenoxy) is 2. The smallest absolute Gasteiger partial charge is 0.322 e. The van der Waals surface area contributed by atoms with Crippen LogP contribution < -0.4 is 10.5 Å². The van der Waals surface area contributed by atoms with E-state index in [0.29, 0.717) is 13.0 Å². The molecule has 0 bridgehead atoms. The Hall–Kier alpha value is -2.33. The molecule has 0 saturated heterocycles. The number of methoxy groups -OCH3 is 1. The Morgan fingerprint density at radius 1 is 1.08 bits per heavy atom. The number of hydrogen-bond acceptors (Lipinski definition) is 4. The van der Waals surface area contributed by atoms with E-state index < -0.39 is 12.0 Å². The molecular weight excluding hydrogens is 326 g/mol. The van der Waals surface area contributed by atoms with Crippen LogP contribution in [0.4, 0.5) is 0 Å². The molecule has 2 aromatic carbocycles. The van der Waals surface area contributed by atoms with Crippen molar-refractivity contribution in [3.8, 4) is 5.75 Å². The van der Waals surface area contributed by atoms with E-state index >= 15 is 0 Å². The van der Waals surface area contributed by atoms with Gasteiger partial charge in [0.15, 0.2) is 0 Å². The molecular formula is C22H27NO3. The van der Waals surface area contributed by atoms with Crippen molar-refractivity contribution < 1.29 is 14.3 Å². The molecule has 0 radical (unpaired) electrons. The molecule has 1 atom stereocenters. The van der Waals surface area contributed by atoms with Gasteiger partial charge in [-0.1, -0.05) is 36.4 Å². The Morgan fingerprint density at radius 2 is 1.85 bits per heavy atom. The second-order valence-corrected chi connectivity index (χ2v) is 6.80. The lowest BCUT2D eigenvalue weighted by Gasteiger charge is -2.20. The molecule has 0 spiro atoms. The maximum Gasteiger partial charge on any atom is 0.322 e. The van der Waals surface area contributed by atoms with Crippen molar-refractivity contribution in [3.05, 3.63) is 64.7 Å². The van der Waals surface area contributed by atoms with Crippen molar-refractivity contribution in [2.24, 2.45) is 5.73 Å². The Balaban J connectivity index is 1.63. The molecule has 4 heteroatoms. The second-order valence-electron chi connectivity index (χ2n) is 6.80. The summed E-state index contributed by atoms with van der Waals surface area (Å²) in [7, 11) is 1.35. The summed E-state index contributed by atoms with van der Waals surface area (Å²) in [6.45, 7) is 0.612. The molecule has 0 aliphatic heterocycles. The van der Waals surface area contributed by atoms with E-state index in [2.05, 4.69) is 18.2 Å². The van der Waals surface area contributed by atoms with Crippen LogP contribution in [0.15, 0.2) is 42.5 Å². The summed E-state index contributed by atoms with van der Waals surface area (Å²) in [6.07, 6.45) is 6.23. The first-order chi connectivity index (χ1) is 12.7. The van der Waals surface area contributed by atoms with Gasteiger partial charge in [0.25, 0.3) is 0 Å². The van der Waals surface area contributed by atoms with E-state index in [9.17, 15) is 4.79 Å². The Morgan fingerprint density at radius 3 is 2.69 bits per heavy atom. The predicted octanol–water partition coefficient (Wildman–Crippen LogP) is 3.23. The Labute approximate surface area is 155 Å². The zero-order chi connectivity index (χ0) is 18.4. The van der Waals surface area contributed by atoms with Crippen molar-refractivity contribution in [1.82, 2.24) is 0 Å². The van der Waals surface area contributed by atoms with Gasteiger partial charge >= 0.3 is 5.97 Å². The lowest BCUT2D eigenvalue weighted by Crippen LogP contribution is -2.33. The topological polar surface area (TPSA) is 61.5 Å². The number of para-hydroxylation sites is 1. The van der Waals surface area contributed by atoms with Gasteiger partial charge in [-0.25, -0.2) is 0 Å². The quantitative estimate of drug-likeness (QED) is 0.777. The van der Waals surface area contributed by atoms with Crippen LogP contribution in [0.25, 0.3) is 0 Å². The summed E-state index contributed by atoms with van der Waals surface area (Å²) in [5.74, 6) is 0.382. The lowest BCUT2D eigenvalue weighted by molar-refractivity contribution is -0.142. The van der Waals surface area contributed by atoms with E-state index in [4.69, 9.17) is 15.2 Å². The van der Waals surface area contributed by atoms with Crippen molar-refractivity contribution in [2.45, 2.75) is 44.6 Å². The summed E-state index contributed by atoms with van der Waals surface area (Å²) in [5.41, 5.74) is 11.2. The zero-order valence-corrected chi connectivity index (χ0v) is 15.4.